The van der Waals surface area contributed by atoms with Crippen molar-refractivity contribution in [3.63, 3.8) is 0 Å². The summed E-state index contributed by atoms with van der Waals surface area (Å²) in [5.41, 5.74) is 1.19. The molecule has 1 fully saturated rings. The third-order valence-electron chi connectivity index (χ3n) is 3.78. The molecule has 0 amide bonds. The standard InChI is InChI=1S/C13H23N3S/c1-10(14-2)12-9-17-13(15-12)8-11-6-4-5-7-16(11)3/h9-11,14H,4-8H2,1-3H3. The summed E-state index contributed by atoms with van der Waals surface area (Å²) in [5, 5.41) is 6.73. The van der Waals surface area contributed by atoms with Crippen LogP contribution in [0.4, 0.5) is 0 Å². The normalized spacial score (nSPS) is 23.8. The third kappa shape index (κ3) is 3.27. The average molecular weight is 253 g/mol. The number of aromatic nitrogens is 1. The van der Waals surface area contributed by atoms with E-state index in [1.807, 2.05) is 18.4 Å². The molecule has 17 heavy (non-hydrogen) atoms. The quantitative estimate of drug-likeness (QED) is 0.893. The van der Waals surface area contributed by atoms with Crippen LogP contribution < -0.4 is 5.32 Å². The smallest absolute Gasteiger partial charge is 0.0944 e. The summed E-state index contributed by atoms with van der Waals surface area (Å²) >= 11 is 1.81. The molecule has 4 heteroatoms. The van der Waals surface area contributed by atoms with Crippen molar-refractivity contribution in [1.29, 1.82) is 0 Å². The molecule has 1 N–H and O–H groups in total. The lowest BCUT2D eigenvalue weighted by molar-refractivity contribution is 0.184. The first-order chi connectivity index (χ1) is 8.20. The summed E-state index contributed by atoms with van der Waals surface area (Å²) in [4.78, 5) is 7.23. The molecular formula is C13H23N3S. The number of thiazole rings is 1. The van der Waals surface area contributed by atoms with E-state index in [1.54, 1.807) is 0 Å². The van der Waals surface area contributed by atoms with Crippen molar-refractivity contribution in [1.82, 2.24) is 15.2 Å². The van der Waals surface area contributed by atoms with E-state index in [-0.39, 0.29) is 0 Å². The molecule has 2 atom stereocenters. The average Bonchev–Trinajstić information content (AvgIpc) is 2.80. The molecular weight excluding hydrogens is 230 g/mol. The highest BCUT2D eigenvalue weighted by molar-refractivity contribution is 7.09. The third-order valence-corrected chi connectivity index (χ3v) is 4.67. The zero-order valence-corrected chi connectivity index (χ0v) is 11.9. The van der Waals surface area contributed by atoms with Crippen molar-refractivity contribution in [2.45, 2.75) is 44.7 Å². The molecule has 1 saturated heterocycles. The summed E-state index contributed by atoms with van der Waals surface area (Å²) in [6.07, 6.45) is 5.18. The Kier molecular flexibility index (Phi) is 4.54. The lowest BCUT2D eigenvalue weighted by Crippen LogP contribution is -2.37. The SMILES string of the molecule is CNC(C)c1csc(CC2CCCCN2C)n1. The van der Waals surface area contributed by atoms with Gasteiger partial charge in [-0.3, -0.25) is 0 Å². The van der Waals surface area contributed by atoms with Gasteiger partial charge in [0.05, 0.1) is 10.7 Å². The van der Waals surface area contributed by atoms with E-state index < -0.39 is 0 Å². The first-order valence-corrected chi connectivity index (χ1v) is 7.40. The number of hydrogen-bond acceptors (Lipinski definition) is 4. The van der Waals surface area contributed by atoms with Crippen LogP contribution in [0.3, 0.4) is 0 Å². The van der Waals surface area contributed by atoms with Crippen LogP contribution >= 0.6 is 11.3 Å². The Hall–Kier alpha value is -0.450. The van der Waals surface area contributed by atoms with Gasteiger partial charge in [-0.2, -0.15) is 0 Å². The second kappa shape index (κ2) is 5.94. The lowest BCUT2D eigenvalue weighted by atomic mass is 10.0. The molecule has 0 radical (unpaired) electrons. The van der Waals surface area contributed by atoms with Gasteiger partial charge in [-0.15, -0.1) is 11.3 Å². The van der Waals surface area contributed by atoms with Crippen LogP contribution in [0.1, 0.15) is 42.9 Å². The largest absolute Gasteiger partial charge is 0.312 e. The molecule has 3 nitrogen and oxygen atoms in total. The molecule has 0 aromatic carbocycles. The van der Waals surface area contributed by atoms with Crippen molar-refractivity contribution in [2.24, 2.45) is 0 Å². The fourth-order valence-corrected chi connectivity index (χ4v) is 3.33. The van der Waals surface area contributed by atoms with Gasteiger partial charge in [0.25, 0.3) is 0 Å². The molecule has 1 aliphatic heterocycles. The highest BCUT2D eigenvalue weighted by Crippen LogP contribution is 2.22. The fourth-order valence-electron chi connectivity index (χ4n) is 2.37. The maximum Gasteiger partial charge on any atom is 0.0944 e. The lowest BCUT2D eigenvalue weighted by Gasteiger charge is -2.31. The van der Waals surface area contributed by atoms with Gasteiger partial charge in [-0.05, 0) is 40.4 Å². The summed E-state index contributed by atoms with van der Waals surface area (Å²) < 4.78 is 0. The van der Waals surface area contributed by atoms with Crippen LogP contribution in [-0.2, 0) is 6.42 Å². The van der Waals surface area contributed by atoms with E-state index in [0.717, 1.165) is 6.42 Å². The summed E-state index contributed by atoms with van der Waals surface area (Å²) in [7, 11) is 4.23. The van der Waals surface area contributed by atoms with E-state index in [1.165, 1.54) is 36.5 Å². The van der Waals surface area contributed by atoms with Gasteiger partial charge in [0.1, 0.15) is 0 Å². The van der Waals surface area contributed by atoms with Crippen LogP contribution in [0.2, 0.25) is 0 Å². The molecule has 96 valence electrons. The minimum absolute atomic E-state index is 0.365. The van der Waals surface area contributed by atoms with Gasteiger partial charge >= 0.3 is 0 Å². The fraction of sp³-hybridized carbons (Fsp3) is 0.769. The van der Waals surface area contributed by atoms with Gasteiger partial charge in [0.2, 0.25) is 0 Å². The highest BCUT2D eigenvalue weighted by atomic mass is 32.1. The van der Waals surface area contributed by atoms with Crippen LogP contribution in [0.15, 0.2) is 5.38 Å². The van der Waals surface area contributed by atoms with E-state index in [0.29, 0.717) is 12.1 Å². The first kappa shape index (κ1) is 13.0. The maximum absolute atomic E-state index is 4.74. The minimum atomic E-state index is 0.365. The second-order valence-corrected chi connectivity index (χ2v) is 5.95. The second-order valence-electron chi connectivity index (χ2n) is 5.01. The summed E-state index contributed by atoms with van der Waals surface area (Å²) in [6, 6.07) is 1.07. The predicted octanol–water partition coefficient (Wildman–Crippen LogP) is 2.45. The zero-order chi connectivity index (χ0) is 12.3. The van der Waals surface area contributed by atoms with Gasteiger partial charge in [-0.1, -0.05) is 6.42 Å². The molecule has 2 rings (SSSR count). The maximum atomic E-state index is 4.74. The number of hydrogen-bond donors (Lipinski definition) is 1. The van der Waals surface area contributed by atoms with Crippen LogP contribution in [0, 0.1) is 0 Å². The van der Waals surface area contributed by atoms with E-state index in [9.17, 15) is 0 Å². The molecule has 0 bridgehead atoms. The molecule has 0 saturated carbocycles. The van der Waals surface area contributed by atoms with Gasteiger partial charge in [0.15, 0.2) is 0 Å². The van der Waals surface area contributed by atoms with Crippen LogP contribution in [-0.4, -0.2) is 36.6 Å². The Morgan fingerprint density at radius 2 is 2.41 bits per heavy atom. The highest BCUT2D eigenvalue weighted by Gasteiger charge is 2.20. The topological polar surface area (TPSA) is 28.2 Å². The summed E-state index contributed by atoms with van der Waals surface area (Å²) in [5.74, 6) is 0. The van der Waals surface area contributed by atoms with Crippen molar-refractivity contribution in [3.8, 4) is 0 Å². The van der Waals surface area contributed by atoms with Gasteiger partial charge < -0.3 is 10.2 Å². The number of nitrogens with zero attached hydrogens (tertiary/aromatic N) is 2. The summed E-state index contributed by atoms with van der Waals surface area (Å²) in [6.45, 7) is 3.40. The number of nitrogens with one attached hydrogen (secondary N) is 1. The Bertz CT molecular complexity index is 350. The molecule has 2 heterocycles. The zero-order valence-electron chi connectivity index (χ0n) is 11.1. The van der Waals surface area contributed by atoms with E-state index in [2.05, 4.69) is 29.6 Å². The van der Waals surface area contributed by atoms with Crippen LogP contribution in [0.5, 0.6) is 0 Å². The van der Waals surface area contributed by atoms with Crippen LogP contribution in [0.25, 0.3) is 0 Å². The Labute approximate surface area is 108 Å². The predicted molar refractivity (Wildman–Crippen MR) is 73.6 cm³/mol. The van der Waals surface area contributed by atoms with Crippen molar-refractivity contribution < 1.29 is 0 Å². The van der Waals surface area contributed by atoms with Crippen molar-refractivity contribution >= 4 is 11.3 Å². The van der Waals surface area contributed by atoms with E-state index >= 15 is 0 Å². The monoisotopic (exact) mass is 253 g/mol. The Morgan fingerprint density at radius 3 is 3.12 bits per heavy atom. The number of likely N-dealkylation sites (tertiary alicyclic amines) is 1. The Morgan fingerprint density at radius 1 is 1.59 bits per heavy atom. The number of rotatable bonds is 4. The molecule has 0 spiro atoms. The van der Waals surface area contributed by atoms with E-state index in [4.69, 9.17) is 4.98 Å². The van der Waals surface area contributed by atoms with Gasteiger partial charge in [-0.25, -0.2) is 4.98 Å². The molecule has 1 aliphatic rings. The minimum Gasteiger partial charge on any atom is -0.312 e. The number of piperidine rings is 1. The molecule has 0 aliphatic carbocycles. The first-order valence-electron chi connectivity index (χ1n) is 6.52. The molecule has 2 unspecified atom stereocenters. The van der Waals surface area contributed by atoms with Gasteiger partial charge in [0, 0.05) is 23.9 Å². The van der Waals surface area contributed by atoms with Crippen molar-refractivity contribution in [2.75, 3.05) is 20.6 Å². The van der Waals surface area contributed by atoms with Crippen molar-refractivity contribution in [3.05, 3.63) is 16.1 Å². The number of likely N-dealkylation sites (N-methyl/N-ethyl adjacent to an activating group) is 1. The molecule has 1 aromatic rings. The molecule has 1 aromatic heterocycles. The Balaban J connectivity index is 1.96.